The van der Waals surface area contributed by atoms with E-state index in [1.807, 2.05) is 36.4 Å². The number of para-hydroxylation sites is 1. The van der Waals surface area contributed by atoms with Crippen molar-refractivity contribution in [3.05, 3.63) is 54.2 Å². The van der Waals surface area contributed by atoms with E-state index in [1.54, 1.807) is 36.0 Å². The lowest BCUT2D eigenvalue weighted by atomic mass is 10.2. The zero-order valence-corrected chi connectivity index (χ0v) is 15.7. The van der Waals surface area contributed by atoms with Gasteiger partial charge >= 0.3 is 6.09 Å². The van der Waals surface area contributed by atoms with Gasteiger partial charge in [0.05, 0.1) is 6.61 Å². The van der Waals surface area contributed by atoms with Crippen molar-refractivity contribution in [1.82, 2.24) is 9.88 Å². The highest BCUT2D eigenvalue weighted by Gasteiger charge is 2.23. The van der Waals surface area contributed by atoms with Crippen LogP contribution in [-0.2, 0) is 4.74 Å². The van der Waals surface area contributed by atoms with Gasteiger partial charge in [-0.25, -0.2) is 9.78 Å². The minimum Gasteiger partial charge on any atom is -0.450 e. The van der Waals surface area contributed by atoms with Gasteiger partial charge in [-0.1, -0.05) is 18.2 Å². The molecule has 0 bridgehead atoms. The van der Waals surface area contributed by atoms with Crippen LogP contribution in [0.2, 0.25) is 0 Å². The molecule has 1 saturated heterocycles. The van der Waals surface area contributed by atoms with Gasteiger partial charge in [-0.15, -0.1) is 0 Å². The van der Waals surface area contributed by atoms with Gasteiger partial charge in [0, 0.05) is 50.7 Å². The van der Waals surface area contributed by atoms with Crippen LogP contribution in [0.5, 0.6) is 0 Å². The van der Waals surface area contributed by atoms with Crippen LogP contribution in [0, 0.1) is 0 Å². The number of hydrogen-bond donors (Lipinski definition) is 0. The van der Waals surface area contributed by atoms with E-state index in [9.17, 15) is 9.59 Å². The first-order valence-electron chi connectivity index (χ1n) is 9.06. The Labute approximate surface area is 159 Å². The fourth-order valence-corrected chi connectivity index (χ4v) is 3.02. The first-order valence-corrected chi connectivity index (χ1v) is 9.06. The Hall–Kier alpha value is -3.09. The maximum absolute atomic E-state index is 12.8. The number of aromatic nitrogens is 1. The second-order valence-corrected chi connectivity index (χ2v) is 6.28. The summed E-state index contributed by atoms with van der Waals surface area (Å²) >= 11 is 0. The normalized spacial score (nSPS) is 14.0. The van der Waals surface area contributed by atoms with E-state index in [0.29, 0.717) is 38.3 Å². The molecule has 1 fully saturated rings. The van der Waals surface area contributed by atoms with Crippen LogP contribution >= 0.6 is 0 Å². The molecule has 2 aromatic rings. The molecule has 0 radical (unpaired) electrons. The van der Waals surface area contributed by atoms with Crippen molar-refractivity contribution in [2.24, 2.45) is 0 Å². The molecule has 0 aliphatic carbocycles. The van der Waals surface area contributed by atoms with E-state index in [0.717, 1.165) is 11.5 Å². The topological polar surface area (TPSA) is 66.0 Å². The Bertz CT molecular complexity index is 789. The molecule has 142 valence electrons. The zero-order valence-electron chi connectivity index (χ0n) is 15.7. The fraction of sp³-hybridized carbons (Fsp3) is 0.350. The number of rotatable bonds is 4. The summed E-state index contributed by atoms with van der Waals surface area (Å²) in [5.41, 5.74) is 1.42. The SMILES string of the molecule is CCOC(=O)N1CCN(c2cc(C(=O)N(C)c3ccccc3)ccn2)CC1. The molecule has 0 saturated carbocycles. The Morgan fingerprint density at radius 2 is 1.81 bits per heavy atom. The lowest BCUT2D eigenvalue weighted by molar-refractivity contribution is 0.0992. The molecule has 1 aromatic heterocycles. The number of amides is 2. The highest BCUT2D eigenvalue weighted by molar-refractivity contribution is 6.06. The molecule has 7 nitrogen and oxygen atoms in total. The molecule has 1 aliphatic heterocycles. The molecule has 0 unspecified atom stereocenters. The van der Waals surface area contributed by atoms with E-state index >= 15 is 0 Å². The van der Waals surface area contributed by atoms with Gasteiger partial charge in [0.2, 0.25) is 0 Å². The third kappa shape index (κ3) is 4.36. The molecule has 1 aliphatic rings. The van der Waals surface area contributed by atoms with Gasteiger partial charge in [0.1, 0.15) is 5.82 Å². The van der Waals surface area contributed by atoms with E-state index in [1.165, 1.54) is 0 Å². The van der Waals surface area contributed by atoms with Crippen molar-refractivity contribution in [2.75, 3.05) is 49.6 Å². The predicted molar refractivity (Wildman–Crippen MR) is 104 cm³/mol. The Balaban J connectivity index is 1.67. The largest absolute Gasteiger partial charge is 0.450 e. The molecule has 3 rings (SSSR count). The minimum atomic E-state index is -0.279. The van der Waals surface area contributed by atoms with E-state index in [4.69, 9.17) is 4.74 Å². The number of piperazine rings is 1. The Kier molecular flexibility index (Phi) is 5.90. The first kappa shape index (κ1) is 18.7. The summed E-state index contributed by atoms with van der Waals surface area (Å²) in [4.78, 5) is 34.4. The fourth-order valence-electron chi connectivity index (χ4n) is 3.02. The molecular formula is C20H24N4O3. The maximum atomic E-state index is 12.8. The molecule has 2 heterocycles. The molecule has 7 heteroatoms. The van der Waals surface area contributed by atoms with Crippen LogP contribution in [0.25, 0.3) is 0 Å². The predicted octanol–water partition coefficient (Wildman–Crippen LogP) is 2.64. The standard InChI is InChI=1S/C20H24N4O3/c1-3-27-20(26)24-13-11-23(12-14-24)18-15-16(9-10-21-18)19(25)22(2)17-7-5-4-6-8-17/h4-10,15H,3,11-14H2,1-2H3. The van der Waals surface area contributed by atoms with Crippen molar-refractivity contribution in [3.63, 3.8) is 0 Å². The lowest BCUT2D eigenvalue weighted by Gasteiger charge is -2.34. The monoisotopic (exact) mass is 368 g/mol. The summed E-state index contributed by atoms with van der Waals surface area (Å²) in [6.45, 7) is 4.62. The highest BCUT2D eigenvalue weighted by atomic mass is 16.6. The van der Waals surface area contributed by atoms with Crippen LogP contribution in [0.15, 0.2) is 48.7 Å². The average molecular weight is 368 g/mol. The van der Waals surface area contributed by atoms with Crippen molar-refractivity contribution in [3.8, 4) is 0 Å². The quantitative estimate of drug-likeness (QED) is 0.830. The van der Waals surface area contributed by atoms with Crippen LogP contribution in [0.4, 0.5) is 16.3 Å². The number of carbonyl (C=O) groups is 2. The van der Waals surface area contributed by atoms with Gasteiger partial charge in [-0.2, -0.15) is 0 Å². The summed E-state index contributed by atoms with van der Waals surface area (Å²) in [5, 5.41) is 0. The lowest BCUT2D eigenvalue weighted by Crippen LogP contribution is -2.49. The number of ether oxygens (including phenoxy) is 1. The van der Waals surface area contributed by atoms with Crippen LogP contribution in [0.1, 0.15) is 17.3 Å². The van der Waals surface area contributed by atoms with E-state index in [2.05, 4.69) is 9.88 Å². The van der Waals surface area contributed by atoms with Gasteiger partial charge < -0.3 is 19.4 Å². The van der Waals surface area contributed by atoms with Gasteiger partial charge in [-0.3, -0.25) is 4.79 Å². The number of nitrogens with zero attached hydrogens (tertiary/aromatic N) is 4. The highest BCUT2D eigenvalue weighted by Crippen LogP contribution is 2.19. The summed E-state index contributed by atoms with van der Waals surface area (Å²) in [6.07, 6.45) is 1.37. The smallest absolute Gasteiger partial charge is 0.409 e. The average Bonchev–Trinajstić information content (AvgIpc) is 2.73. The maximum Gasteiger partial charge on any atom is 0.409 e. The number of hydrogen-bond acceptors (Lipinski definition) is 5. The molecule has 2 amide bonds. The molecule has 0 atom stereocenters. The number of pyridine rings is 1. The van der Waals surface area contributed by atoms with Crippen LogP contribution < -0.4 is 9.80 Å². The summed E-state index contributed by atoms with van der Waals surface area (Å²) in [6, 6.07) is 13.0. The Morgan fingerprint density at radius 1 is 1.11 bits per heavy atom. The summed E-state index contributed by atoms with van der Waals surface area (Å²) < 4.78 is 5.04. The number of anilines is 2. The molecular weight excluding hydrogens is 344 g/mol. The Morgan fingerprint density at radius 3 is 2.48 bits per heavy atom. The molecule has 0 spiro atoms. The van der Waals surface area contributed by atoms with Gasteiger partial charge in [0.25, 0.3) is 5.91 Å². The van der Waals surface area contributed by atoms with Crippen LogP contribution in [-0.4, -0.2) is 61.7 Å². The summed E-state index contributed by atoms with van der Waals surface area (Å²) in [5.74, 6) is 0.654. The third-order valence-corrected chi connectivity index (χ3v) is 4.57. The van der Waals surface area contributed by atoms with E-state index < -0.39 is 0 Å². The number of benzene rings is 1. The van der Waals surface area contributed by atoms with Gasteiger partial charge in [-0.05, 0) is 31.2 Å². The van der Waals surface area contributed by atoms with Gasteiger partial charge in [0.15, 0.2) is 0 Å². The second-order valence-electron chi connectivity index (χ2n) is 6.28. The van der Waals surface area contributed by atoms with Crippen molar-refractivity contribution >= 4 is 23.5 Å². The molecule has 27 heavy (non-hydrogen) atoms. The molecule has 1 aromatic carbocycles. The van der Waals surface area contributed by atoms with Crippen LogP contribution in [0.3, 0.4) is 0 Å². The van der Waals surface area contributed by atoms with Crippen molar-refractivity contribution in [1.29, 1.82) is 0 Å². The third-order valence-electron chi connectivity index (χ3n) is 4.57. The molecule has 0 N–H and O–H groups in total. The van der Waals surface area contributed by atoms with E-state index in [-0.39, 0.29) is 12.0 Å². The zero-order chi connectivity index (χ0) is 19.2. The van der Waals surface area contributed by atoms with Crippen molar-refractivity contribution < 1.29 is 14.3 Å². The van der Waals surface area contributed by atoms with Crippen molar-refractivity contribution in [2.45, 2.75) is 6.92 Å². The number of carbonyl (C=O) groups excluding carboxylic acids is 2. The second kappa shape index (κ2) is 8.53. The minimum absolute atomic E-state index is 0.0880. The summed E-state index contributed by atoms with van der Waals surface area (Å²) in [7, 11) is 1.76. The first-order chi connectivity index (χ1) is 13.1.